The number of rotatable bonds is 6. The number of aromatic nitrogens is 4. The number of para-hydroxylation sites is 1. The Bertz CT molecular complexity index is 1220. The van der Waals surface area contributed by atoms with Crippen molar-refractivity contribution in [3.8, 4) is 0 Å². The third kappa shape index (κ3) is 5.38. The van der Waals surface area contributed by atoms with Gasteiger partial charge in [-0.1, -0.05) is 42.1 Å². The Morgan fingerprint density at radius 1 is 1.06 bits per heavy atom. The van der Waals surface area contributed by atoms with E-state index in [1.165, 1.54) is 0 Å². The van der Waals surface area contributed by atoms with Crippen molar-refractivity contribution in [3.63, 3.8) is 0 Å². The van der Waals surface area contributed by atoms with Crippen molar-refractivity contribution in [2.24, 2.45) is 11.7 Å². The Morgan fingerprint density at radius 2 is 1.78 bits per heavy atom. The number of aliphatic hydroxyl groups is 1. The average molecular weight is 532 g/mol. The molecule has 36 heavy (non-hydrogen) atoms. The first-order chi connectivity index (χ1) is 17.4. The van der Waals surface area contributed by atoms with E-state index in [0.29, 0.717) is 58.1 Å². The van der Waals surface area contributed by atoms with E-state index < -0.39 is 0 Å². The summed E-state index contributed by atoms with van der Waals surface area (Å²) in [5, 5.41) is 17.9. The van der Waals surface area contributed by atoms with E-state index in [2.05, 4.69) is 20.2 Å². The number of anilines is 3. The maximum absolute atomic E-state index is 11.7. The first kappa shape index (κ1) is 25.0. The van der Waals surface area contributed by atoms with E-state index in [-0.39, 0.29) is 30.0 Å². The fourth-order valence-corrected chi connectivity index (χ4v) is 5.88. The van der Waals surface area contributed by atoms with E-state index in [0.717, 1.165) is 38.5 Å². The summed E-state index contributed by atoms with van der Waals surface area (Å²) >= 11 is 12.9. The highest BCUT2D eigenvalue weighted by molar-refractivity contribution is 6.39. The first-order valence-corrected chi connectivity index (χ1v) is 13.3. The third-order valence-electron chi connectivity index (χ3n) is 7.33. The molecule has 2 fully saturated rings. The van der Waals surface area contributed by atoms with Gasteiger partial charge < -0.3 is 21.5 Å². The number of halogens is 2. The molecule has 5 rings (SSSR count). The van der Waals surface area contributed by atoms with Crippen LogP contribution in [0.5, 0.6) is 0 Å². The highest BCUT2D eigenvalue weighted by Crippen LogP contribution is 2.39. The number of nitrogens with one attached hydrogen (secondary N) is 2. The Labute approximate surface area is 219 Å². The van der Waals surface area contributed by atoms with Crippen molar-refractivity contribution < 1.29 is 9.90 Å². The second-order valence-electron chi connectivity index (χ2n) is 9.85. The van der Waals surface area contributed by atoms with Crippen LogP contribution in [0.1, 0.15) is 63.8 Å². The van der Waals surface area contributed by atoms with Crippen molar-refractivity contribution >= 4 is 57.9 Å². The van der Waals surface area contributed by atoms with Gasteiger partial charge in [0.25, 0.3) is 0 Å². The molecule has 9 nitrogen and oxygen atoms in total. The lowest BCUT2D eigenvalue weighted by Crippen LogP contribution is -2.29. The van der Waals surface area contributed by atoms with Crippen molar-refractivity contribution in [2.45, 2.75) is 76.0 Å². The molecule has 0 aliphatic heterocycles. The second kappa shape index (κ2) is 10.8. The number of benzene rings is 1. The molecule has 2 aliphatic carbocycles. The summed E-state index contributed by atoms with van der Waals surface area (Å²) < 4.78 is 2.07. The number of fused-ring (bicyclic) bond motifs is 1. The first-order valence-electron chi connectivity index (χ1n) is 12.6. The maximum atomic E-state index is 11.7. The van der Waals surface area contributed by atoms with Crippen molar-refractivity contribution in [2.75, 3.05) is 10.6 Å². The maximum Gasteiger partial charge on any atom is 0.224 e. The van der Waals surface area contributed by atoms with Crippen LogP contribution in [0.4, 0.5) is 17.6 Å². The molecule has 192 valence electrons. The summed E-state index contributed by atoms with van der Waals surface area (Å²) in [6.45, 7) is 0. The molecule has 2 aliphatic rings. The highest BCUT2D eigenvalue weighted by Gasteiger charge is 2.29. The fraction of sp³-hybridized carbons (Fsp3) is 0.520. The standard InChI is InChI=1S/C25H31Cl2N7O2/c26-18-6-3-7-19(27)21(18)32-25-31-20-13-29-24(30-15-4-1-2-5-17(35)12-15)33-23(20)34(25)16-10-8-14(9-11-16)22(28)36/h3,6-7,13-17,35H,1-2,4-5,8-12H2,(H2,28,36)(H,31,32)(H,29,30,33)/t14?,15-,16?,17-/m0/s1. The van der Waals surface area contributed by atoms with Gasteiger partial charge in [0, 0.05) is 18.0 Å². The summed E-state index contributed by atoms with van der Waals surface area (Å²) in [6, 6.07) is 5.50. The summed E-state index contributed by atoms with van der Waals surface area (Å²) in [7, 11) is 0. The molecule has 5 N–H and O–H groups in total. The monoisotopic (exact) mass is 531 g/mol. The van der Waals surface area contributed by atoms with Crippen LogP contribution in [0.3, 0.4) is 0 Å². The molecular weight excluding hydrogens is 501 g/mol. The van der Waals surface area contributed by atoms with Crippen LogP contribution >= 0.6 is 23.2 Å². The Morgan fingerprint density at radius 3 is 2.50 bits per heavy atom. The van der Waals surface area contributed by atoms with Crippen LogP contribution < -0.4 is 16.4 Å². The van der Waals surface area contributed by atoms with Gasteiger partial charge in [-0.15, -0.1) is 0 Å². The third-order valence-corrected chi connectivity index (χ3v) is 7.96. The Balaban J connectivity index is 1.50. The largest absolute Gasteiger partial charge is 0.393 e. The number of carbonyl (C=O) groups excluding carboxylic acids is 1. The van der Waals surface area contributed by atoms with Crippen molar-refractivity contribution in [3.05, 3.63) is 34.4 Å². The molecule has 3 aromatic rings. The molecule has 1 aromatic carbocycles. The van der Waals surface area contributed by atoms with Gasteiger partial charge in [-0.3, -0.25) is 9.36 Å². The summed E-state index contributed by atoms with van der Waals surface area (Å²) in [4.78, 5) is 25.9. The molecular formula is C25H31Cl2N7O2. The number of hydrogen-bond acceptors (Lipinski definition) is 7. The number of imidazole rings is 1. The number of hydrogen-bond donors (Lipinski definition) is 4. The molecule has 0 saturated heterocycles. The van der Waals surface area contributed by atoms with Crippen LogP contribution in [-0.2, 0) is 4.79 Å². The molecule has 2 aromatic heterocycles. The zero-order valence-corrected chi connectivity index (χ0v) is 21.5. The van der Waals surface area contributed by atoms with Crippen LogP contribution in [0, 0.1) is 5.92 Å². The predicted molar refractivity (Wildman–Crippen MR) is 142 cm³/mol. The minimum Gasteiger partial charge on any atom is -0.393 e. The smallest absolute Gasteiger partial charge is 0.224 e. The quantitative estimate of drug-likeness (QED) is 0.321. The van der Waals surface area contributed by atoms with Gasteiger partial charge in [-0.05, 0) is 57.1 Å². The van der Waals surface area contributed by atoms with Crippen LogP contribution in [-0.4, -0.2) is 42.7 Å². The van der Waals surface area contributed by atoms with Crippen LogP contribution in [0.25, 0.3) is 11.2 Å². The molecule has 11 heteroatoms. The molecule has 2 atom stereocenters. The number of aliphatic hydroxyl groups excluding tert-OH is 1. The summed E-state index contributed by atoms with van der Waals surface area (Å²) in [6.07, 6.45) is 8.92. The van der Waals surface area contributed by atoms with Crippen molar-refractivity contribution in [1.29, 1.82) is 0 Å². The van der Waals surface area contributed by atoms with Gasteiger partial charge in [-0.2, -0.15) is 4.98 Å². The Hall–Kier alpha value is -2.62. The van der Waals surface area contributed by atoms with E-state index in [1.807, 2.05) is 0 Å². The van der Waals surface area contributed by atoms with Crippen molar-refractivity contribution in [1.82, 2.24) is 19.5 Å². The number of primary amides is 1. The SMILES string of the molecule is NC(=O)C1CCC(n2c(Nc3c(Cl)cccc3Cl)nc3cnc(N[C@H]4CCCC[C@H](O)C4)nc32)CC1. The van der Waals surface area contributed by atoms with Gasteiger partial charge in [0.15, 0.2) is 5.65 Å². The predicted octanol–water partition coefficient (Wildman–Crippen LogP) is 5.20. The second-order valence-corrected chi connectivity index (χ2v) is 10.7. The van der Waals surface area contributed by atoms with E-state index >= 15 is 0 Å². The normalized spacial score (nSPS) is 24.9. The van der Waals surface area contributed by atoms with E-state index in [4.69, 9.17) is 38.9 Å². The Kier molecular flexibility index (Phi) is 7.50. The molecule has 1 amide bonds. The van der Waals surface area contributed by atoms with Gasteiger partial charge in [-0.25, -0.2) is 9.97 Å². The zero-order chi connectivity index (χ0) is 25.2. The van der Waals surface area contributed by atoms with Gasteiger partial charge in [0.1, 0.15) is 5.52 Å². The molecule has 0 unspecified atom stereocenters. The fourth-order valence-electron chi connectivity index (χ4n) is 5.39. The number of carbonyl (C=O) groups is 1. The number of amides is 1. The average Bonchev–Trinajstić information content (AvgIpc) is 3.08. The summed E-state index contributed by atoms with van der Waals surface area (Å²) in [5.74, 6) is 0.721. The topological polar surface area (TPSA) is 131 Å². The van der Waals surface area contributed by atoms with E-state index in [9.17, 15) is 9.90 Å². The minimum atomic E-state index is -0.309. The van der Waals surface area contributed by atoms with Gasteiger partial charge >= 0.3 is 0 Å². The zero-order valence-electron chi connectivity index (χ0n) is 20.0. The lowest BCUT2D eigenvalue weighted by Gasteiger charge is -2.29. The molecule has 0 bridgehead atoms. The molecule has 0 spiro atoms. The highest BCUT2D eigenvalue weighted by atomic mass is 35.5. The summed E-state index contributed by atoms with van der Waals surface area (Å²) in [5.41, 5.74) is 7.47. The van der Waals surface area contributed by atoms with Gasteiger partial charge in [0.2, 0.25) is 17.8 Å². The van der Waals surface area contributed by atoms with Crippen LogP contribution in [0.2, 0.25) is 10.0 Å². The number of nitrogens with two attached hydrogens (primary N) is 1. The van der Waals surface area contributed by atoms with Crippen LogP contribution in [0.15, 0.2) is 24.4 Å². The molecule has 0 radical (unpaired) electrons. The number of nitrogens with zero attached hydrogens (tertiary/aromatic N) is 4. The lowest BCUT2D eigenvalue weighted by atomic mass is 9.85. The minimum absolute atomic E-state index is 0.0665. The van der Waals surface area contributed by atoms with Gasteiger partial charge in [0.05, 0.1) is 28.0 Å². The van der Waals surface area contributed by atoms with E-state index in [1.54, 1.807) is 24.4 Å². The lowest BCUT2D eigenvalue weighted by molar-refractivity contribution is -0.122. The molecule has 2 saturated carbocycles. The molecule has 2 heterocycles.